The fourth-order valence-corrected chi connectivity index (χ4v) is 0.952. The van der Waals surface area contributed by atoms with E-state index in [0.717, 1.165) is 6.07 Å². The first-order valence-corrected chi connectivity index (χ1v) is 4.47. The van der Waals surface area contributed by atoms with Crippen LogP contribution in [0.4, 0.5) is 0 Å². The van der Waals surface area contributed by atoms with Gasteiger partial charge in [-0.2, -0.15) is 15.4 Å². The summed E-state index contributed by atoms with van der Waals surface area (Å²) in [6, 6.07) is 5.20. The van der Waals surface area contributed by atoms with Crippen molar-refractivity contribution < 1.29 is 47.1 Å². The zero-order chi connectivity index (χ0) is 12.7. The molecule has 0 aliphatic heterocycles. The maximum atomic E-state index is 10.4. The van der Waals surface area contributed by atoms with Crippen LogP contribution in [0.2, 0.25) is 0 Å². The number of hydrogen-bond donors (Lipinski definition) is 3. The van der Waals surface area contributed by atoms with Gasteiger partial charge in [-0.1, -0.05) is 6.07 Å². The molecule has 1 aromatic carbocycles. The van der Waals surface area contributed by atoms with Gasteiger partial charge in [0.05, 0.1) is 23.5 Å². The van der Waals surface area contributed by atoms with Crippen molar-refractivity contribution in [2.24, 2.45) is 0 Å². The fraction of sp³-hybridized carbons (Fsp3) is 0. The molecule has 0 saturated carbocycles. The van der Waals surface area contributed by atoms with E-state index in [4.69, 9.17) is 10.2 Å². The van der Waals surface area contributed by atoms with Crippen molar-refractivity contribution in [1.29, 1.82) is 0 Å². The van der Waals surface area contributed by atoms with Gasteiger partial charge in [-0.25, -0.2) is 9.59 Å². The standard InChI is InChI=1S/C8H6O4.C2H3N3.Cd/c9-7(10)5-2-1-3-6(4-5)8(11)12;1-2-4-5-3-1;/h1-4H,(H,9,10)(H,11,12);1-2H,(H,3,4,5);. The van der Waals surface area contributed by atoms with Gasteiger partial charge in [0.2, 0.25) is 0 Å². The molecule has 8 heteroatoms. The topological polar surface area (TPSA) is 116 Å². The van der Waals surface area contributed by atoms with E-state index < -0.39 is 11.9 Å². The smallest absolute Gasteiger partial charge is 0.335 e. The summed E-state index contributed by atoms with van der Waals surface area (Å²) in [6.45, 7) is 0. The molecule has 0 aliphatic carbocycles. The number of nitrogens with zero attached hydrogens (tertiary/aromatic N) is 2. The van der Waals surface area contributed by atoms with Crippen molar-refractivity contribution in [3.63, 3.8) is 0 Å². The summed E-state index contributed by atoms with van der Waals surface area (Å²) in [5.74, 6) is -2.25. The molecule has 0 amide bonds. The first-order chi connectivity index (χ1) is 8.11. The molecule has 1 heterocycles. The van der Waals surface area contributed by atoms with E-state index in [1.54, 1.807) is 12.4 Å². The number of carboxylic acid groups (broad SMARTS) is 2. The molecule has 0 unspecified atom stereocenters. The summed E-state index contributed by atoms with van der Waals surface area (Å²) in [6.07, 6.45) is 3.17. The Morgan fingerprint density at radius 3 is 1.72 bits per heavy atom. The summed E-state index contributed by atoms with van der Waals surface area (Å²) in [4.78, 5) is 20.8. The largest absolute Gasteiger partial charge is 0.478 e. The summed E-state index contributed by atoms with van der Waals surface area (Å²) in [5.41, 5.74) is -0.0372. The van der Waals surface area contributed by atoms with Gasteiger partial charge >= 0.3 is 11.9 Å². The minimum absolute atomic E-state index is 0. The van der Waals surface area contributed by atoms with Crippen LogP contribution in [0.1, 0.15) is 20.7 Å². The maximum absolute atomic E-state index is 10.4. The molecule has 0 aliphatic rings. The van der Waals surface area contributed by atoms with Crippen LogP contribution < -0.4 is 0 Å². The van der Waals surface area contributed by atoms with Crippen LogP contribution >= 0.6 is 0 Å². The van der Waals surface area contributed by atoms with Crippen LogP contribution in [0.15, 0.2) is 36.7 Å². The average Bonchev–Trinajstić information content (AvgIpc) is 2.87. The second-order valence-corrected chi connectivity index (χ2v) is 2.85. The van der Waals surface area contributed by atoms with E-state index in [-0.39, 0.29) is 38.4 Å². The van der Waals surface area contributed by atoms with Crippen molar-refractivity contribution in [3.05, 3.63) is 47.8 Å². The Kier molecular flexibility index (Phi) is 7.51. The predicted molar refractivity (Wildman–Crippen MR) is 56.7 cm³/mol. The Morgan fingerprint density at radius 1 is 1.00 bits per heavy atom. The fourth-order valence-electron chi connectivity index (χ4n) is 0.952. The number of H-pyrrole nitrogens is 1. The van der Waals surface area contributed by atoms with Gasteiger partial charge < -0.3 is 10.2 Å². The molecule has 0 fully saturated rings. The molecule has 1 aromatic heterocycles. The molecule has 18 heavy (non-hydrogen) atoms. The molecule has 7 nitrogen and oxygen atoms in total. The number of aromatic carboxylic acids is 2. The first-order valence-electron chi connectivity index (χ1n) is 4.47. The molecule has 90 valence electrons. The Morgan fingerprint density at radius 2 is 1.44 bits per heavy atom. The van der Waals surface area contributed by atoms with Crippen molar-refractivity contribution in [1.82, 2.24) is 15.4 Å². The Hall–Kier alpha value is -1.78. The number of benzene rings is 1. The monoisotopic (exact) mass is 349 g/mol. The number of rotatable bonds is 2. The zero-order valence-corrected chi connectivity index (χ0v) is 13.3. The molecule has 0 saturated heterocycles. The number of aromatic amines is 1. The van der Waals surface area contributed by atoms with E-state index in [9.17, 15) is 9.59 Å². The number of hydrogen-bond acceptors (Lipinski definition) is 4. The van der Waals surface area contributed by atoms with Gasteiger partial charge in [-0.15, -0.1) is 0 Å². The zero-order valence-electron chi connectivity index (χ0n) is 9.28. The number of carbonyl (C=O) groups is 2. The Balaban J connectivity index is 0.000000405. The van der Waals surface area contributed by atoms with Gasteiger partial charge in [-0.3, -0.25) is 0 Å². The average molecular weight is 348 g/mol. The van der Waals surface area contributed by atoms with E-state index >= 15 is 0 Å². The SMILES string of the molecule is O=C(O)c1cccc(C(=O)O)c1.[Cd].c1cn[nH]n1. The minimum Gasteiger partial charge on any atom is -0.478 e. The molecule has 2 aromatic rings. The molecule has 0 bridgehead atoms. The van der Waals surface area contributed by atoms with Crippen molar-refractivity contribution >= 4 is 11.9 Å². The van der Waals surface area contributed by atoms with E-state index in [2.05, 4.69) is 15.4 Å². The van der Waals surface area contributed by atoms with Gasteiger partial charge in [0.25, 0.3) is 0 Å². The van der Waals surface area contributed by atoms with E-state index in [0.29, 0.717) is 0 Å². The van der Waals surface area contributed by atoms with Crippen LogP contribution in [0, 0.1) is 0 Å². The molecule has 0 spiro atoms. The van der Waals surface area contributed by atoms with E-state index in [1.807, 2.05) is 0 Å². The number of carboxylic acids is 2. The Bertz CT molecular complexity index is 455. The third kappa shape index (κ3) is 5.52. The molecular formula is C10H9CdN3O4. The minimum atomic E-state index is -1.13. The van der Waals surface area contributed by atoms with E-state index in [1.165, 1.54) is 18.2 Å². The third-order valence-corrected chi connectivity index (χ3v) is 1.69. The van der Waals surface area contributed by atoms with Gasteiger partial charge in [-0.05, 0) is 18.2 Å². The van der Waals surface area contributed by atoms with Gasteiger partial charge in [0.15, 0.2) is 0 Å². The molecule has 0 radical (unpaired) electrons. The second-order valence-electron chi connectivity index (χ2n) is 2.85. The molecule has 2 rings (SSSR count). The van der Waals surface area contributed by atoms with Gasteiger partial charge in [0.1, 0.15) is 0 Å². The summed E-state index contributed by atoms with van der Waals surface area (Å²) in [5, 5.41) is 26.3. The van der Waals surface area contributed by atoms with Crippen LogP contribution in [-0.4, -0.2) is 37.6 Å². The summed E-state index contributed by atoms with van der Waals surface area (Å²) in [7, 11) is 0. The number of aromatic nitrogens is 3. The van der Waals surface area contributed by atoms with Crippen molar-refractivity contribution in [3.8, 4) is 0 Å². The molecule has 0 atom stereocenters. The first kappa shape index (κ1) is 16.2. The Labute approximate surface area is 122 Å². The quantitative estimate of drug-likeness (QED) is 0.695. The summed E-state index contributed by atoms with van der Waals surface area (Å²) < 4.78 is 0. The molecule has 3 N–H and O–H groups in total. The third-order valence-electron chi connectivity index (χ3n) is 1.69. The van der Waals surface area contributed by atoms with Crippen LogP contribution in [0.25, 0.3) is 0 Å². The van der Waals surface area contributed by atoms with Crippen molar-refractivity contribution in [2.45, 2.75) is 0 Å². The van der Waals surface area contributed by atoms with Crippen molar-refractivity contribution in [2.75, 3.05) is 0 Å². The maximum Gasteiger partial charge on any atom is 0.335 e. The van der Waals surface area contributed by atoms with Gasteiger partial charge in [0, 0.05) is 27.3 Å². The predicted octanol–water partition coefficient (Wildman–Crippen LogP) is 0.885. The van der Waals surface area contributed by atoms with Crippen LogP contribution in [-0.2, 0) is 27.3 Å². The van der Waals surface area contributed by atoms with Crippen LogP contribution in [0.5, 0.6) is 0 Å². The number of nitrogens with one attached hydrogen (secondary N) is 1. The normalized spacial score (nSPS) is 8.44. The van der Waals surface area contributed by atoms with Crippen LogP contribution in [0.3, 0.4) is 0 Å². The summed E-state index contributed by atoms with van der Waals surface area (Å²) >= 11 is 0. The second kappa shape index (κ2) is 8.33. The molecular weight excluding hydrogens is 339 g/mol.